The minimum absolute atomic E-state index is 0.0882. The third kappa shape index (κ3) is 6.62. The number of carbonyl (C=O) groups is 4. The Kier molecular flexibility index (Phi) is 9.44. The van der Waals surface area contributed by atoms with Gasteiger partial charge in [-0.25, -0.2) is 4.98 Å². The van der Waals surface area contributed by atoms with Crippen LogP contribution in [0.25, 0.3) is 10.9 Å². The molecule has 8 rings (SSSR count). The van der Waals surface area contributed by atoms with Gasteiger partial charge in [0.2, 0.25) is 17.8 Å². The molecule has 2 aromatic carbocycles. The zero-order chi connectivity index (χ0) is 37.7. The van der Waals surface area contributed by atoms with Crippen molar-refractivity contribution >= 4 is 69.3 Å². The number of aryl methyl sites for hydroxylation is 1. The molecule has 0 radical (unpaired) electrons. The van der Waals surface area contributed by atoms with Gasteiger partial charge in [0, 0.05) is 76.0 Å². The highest BCUT2D eigenvalue weighted by Crippen LogP contribution is 2.32. The molecule has 2 aromatic heterocycles. The minimum Gasteiger partial charge on any atom is -0.491 e. The Hall–Kier alpha value is -5.54. The molecule has 2 N–H and O–H groups in total. The molecular formula is C38H40ClN9O6. The van der Waals surface area contributed by atoms with Crippen molar-refractivity contribution < 1.29 is 23.9 Å². The van der Waals surface area contributed by atoms with Gasteiger partial charge in [-0.3, -0.25) is 39.1 Å². The smallest absolute Gasteiger partial charge is 0.293 e. The van der Waals surface area contributed by atoms with Crippen molar-refractivity contribution in [3.63, 3.8) is 0 Å². The zero-order valence-corrected chi connectivity index (χ0v) is 30.8. The van der Waals surface area contributed by atoms with Crippen LogP contribution in [-0.2, 0) is 16.6 Å². The predicted molar refractivity (Wildman–Crippen MR) is 203 cm³/mol. The van der Waals surface area contributed by atoms with Gasteiger partial charge in [-0.05, 0) is 67.6 Å². The maximum Gasteiger partial charge on any atom is 0.293 e. The molecule has 4 aromatic rings. The van der Waals surface area contributed by atoms with E-state index in [4.69, 9.17) is 21.3 Å². The molecule has 4 amide bonds. The average molecular weight is 754 g/mol. The number of aromatic nitrogens is 3. The lowest BCUT2D eigenvalue weighted by atomic mass is 9.96. The number of amides is 4. The van der Waals surface area contributed by atoms with Gasteiger partial charge < -0.3 is 24.4 Å². The average Bonchev–Trinajstić information content (AvgIpc) is 3.42. The van der Waals surface area contributed by atoms with Crippen LogP contribution < -0.4 is 30.7 Å². The van der Waals surface area contributed by atoms with Crippen molar-refractivity contribution in [3.8, 4) is 5.75 Å². The fourth-order valence-corrected chi connectivity index (χ4v) is 8.08. The van der Waals surface area contributed by atoms with E-state index >= 15 is 0 Å². The highest BCUT2D eigenvalue weighted by atomic mass is 35.5. The first kappa shape index (κ1) is 35.5. The number of methoxy groups -OCH3 is 1. The first-order valence-corrected chi connectivity index (χ1v) is 18.5. The van der Waals surface area contributed by atoms with E-state index in [0.717, 1.165) is 85.8 Å². The number of nitrogens with zero attached hydrogens (tertiary/aromatic N) is 7. The van der Waals surface area contributed by atoms with Crippen molar-refractivity contribution in [1.82, 2.24) is 29.7 Å². The topological polar surface area (TPSA) is 162 Å². The lowest BCUT2D eigenvalue weighted by molar-refractivity contribution is -0.136. The number of nitrogens with one attached hydrogen (secondary N) is 2. The first-order chi connectivity index (χ1) is 26.1. The largest absolute Gasteiger partial charge is 0.491 e. The number of anilines is 4. The summed E-state index contributed by atoms with van der Waals surface area (Å²) in [5.41, 5.74) is 2.81. The maximum atomic E-state index is 13.3. The number of hydrogen-bond acceptors (Lipinski definition) is 12. The van der Waals surface area contributed by atoms with Crippen LogP contribution in [0, 0.1) is 5.92 Å². The molecule has 16 heteroatoms. The van der Waals surface area contributed by atoms with Crippen LogP contribution in [0.15, 0.2) is 53.5 Å². The summed E-state index contributed by atoms with van der Waals surface area (Å²) >= 11 is 6.53. The Morgan fingerprint density at radius 2 is 1.65 bits per heavy atom. The van der Waals surface area contributed by atoms with Crippen LogP contribution in [0.4, 0.5) is 23.1 Å². The monoisotopic (exact) mass is 753 g/mol. The number of piperazine rings is 1. The molecule has 3 saturated heterocycles. The SMILES string of the molecule is COc1cc2cc(Nc3nc(N4CCC(CN5CCN(c6ccc7c(c6)C(=O)N(C6CCC(=O)NC6=O)C7=O)CC5)CC4)ncc3Cl)ccc2n(C)c1=O. The summed E-state index contributed by atoms with van der Waals surface area (Å²) in [4.78, 5) is 80.1. The molecule has 1 atom stereocenters. The van der Waals surface area contributed by atoms with Gasteiger partial charge in [-0.15, -0.1) is 0 Å². The molecular weight excluding hydrogens is 714 g/mol. The fourth-order valence-electron chi connectivity index (χ4n) is 7.94. The van der Waals surface area contributed by atoms with E-state index in [1.165, 1.54) is 7.11 Å². The van der Waals surface area contributed by atoms with Gasteiger partial charge in [0.15, 0.2) is 11.6 Å². The quantitative estimate of drug-likeness (QED) is 0.253. The second kappa shape index (κ2) is 14.4. The molecule has 15 nitrogen and oxygen atoms in total. The molecule has 0 saturated carbocycles. The van der Waals surface area contributed by atoms with Crippen molar-refractivity contribution in [1.29, 1.82) is 0 Å². The number of imide groups is 2. The molecule has 3 fully saturated rings. The van der Waals surface area contributed by atoms with Gasteiger partial charge in [0.1, 0.15) is 11.1 Å². The van der Waals surface area contributed by atoms with Crippen LogP contribution in [0.5, 0.6) is 5.75 Å². The van der Waals surface area contributed by atoms with Gasteiger partial charge in [0.25, 0.3) is 17.4 Å². The maximum absolute atomic E-state index is 13.3. The van der Waals surface area contributed by atoms with Crippen LogP contribution in [0.3, 0.4) is 0 Å². The van der Waals surface area contributed by atoms with E-state index in [9.17, 15) is 24.0 Å². The third-order valence-corrected chi connectivity index (χ3v) is 11.3. The number of hydrogen-bond donors (Lipinski definition) is 2. The summed E-state index contributed by atoms with van der Waals surface area (Å²) in [5.74, 6) is -0.0687. The lowest BCUT2D eigenvalue weighted by Crippen LogP contribution is -2.54. The molecule has 4 aliphatic rings. The molecule has 0 bridgehead atoms. The predicted octanol–water partition coefficient (Wildman–Crippen LogP) is 3.17. The number of benzene rings is 2. The molecule has 6 heterocycles. The number of pyridine rings is 1. The fraction of sp³-hybridized carbons (Fsp3) is 0.395. The van der Waals surface area contributed by atoms with Gasteiger partial charge in [-0.2, -0.15) is 4.98 Å². The third-order valence-electron chi connectivity index (χ3n) is 11.0. The minimum atomic E-state index is -0.977. The van der Waals surface area contributed by atoms with Crippen molar-refractivity contribution in [2.75, 3.05) is 68.0 Å². The van der Waals surface area contributed by atoms with E-state index in [-0.39, 0.29) is 29.7 Å². The molecule has 0 spiro atoms. The normalized spacial score (nSPS) is 19.8. The van der Waals surface area contributed by atoms with Gasteiger partial charge in [-0.1, -0.05) is 11.6 Å². The van der Waals surface area contributed by atoms with Crippen molar-refractivity contribution in [2.24, 2.45) is 13.0 Å². The molecule has 280 valence electrons. The number of fused-ring (bicyclic) bond motifs is 2. The van der Waals surface area contributed by atoms with Crippen LogP contribution >= 0.6 is 11.6 Å². The second-order valence-electron chi connectivity index (χ2n) is 14.2. The van der Waals surface area contributed by atoms with Crippen LogP contribution in [0.2, 0.25) is 5.02 Å². The Balaban J connectivity index is 0.843. The van der Waals surface area contributed by atoms with E-state index < -0.39 is 29.7 Å². The van der Waals surface area contributed by atoms with Gasteiger partial charge >= 0.3 is 0 Å². The molecule has 54 heavy (non-hydrogen) atoms. The number of ether oxygens (including phenoxy) is 1. The Labute approximate surface area is 315 Å². The highest BCUT2D eigenvalue weighted by Gasteiger charge is 2.45. The first-order valence-electron chi connectivity index (χ1n) is 18.1. The van der Waals surface area contributed by atoms with E-state index in [0.29, 0.717) is 28.3 Å². The molecule has 4 aliphatic heterocycles. The lowest BCUT2D eigenvalue weighted by Gasteiger charge is -2.39. The van der Waals surface area contributed by atoms with Gasteiger partial charge in [0.05, 0.1) is 30.0 Å². The Bertz CT molecular complexity index is 2250. The number of piperidine rings is 2. The summed E-state index contributed by atoms with van der Waals surface area (Å²) < 4.78 is 6.82. The summed E-state index contributed by atoms with van der Waals surface area (Å²) in [6.45, 7) is 5.97. The van der Waals surface area contributed by atoms with Crippen molar-refractivity contribution in [3.05, 3.63) is 75.2 Å². The Morgan fingerprint density at radius 1 is 0.889 bits per heavy atom. The van der Waals surface area contributed by atoms with E-state index in [2.05, 4.69) is 30.3 Å². The Morgan fingerprint density at radius 3 is 2.39 bits per heavy atom. The number of halogens is 1. The summed E-state index contributed by atoms with van der Waals surface area (Å²) in [5, 5.41) is 6.80. The summed E-state index contributed by atoms with van der Waals surface area (Å²) in [6.07, 6.45) is 3.85. The standard InChI is InChI=1S/C38H40ClN9O6/c1-44-29-6-3-24(17-23(29)18-31(54-2)37(44)53)41-33-28(39)20-40-38(43-33)47-11-9-22(10-12-47)21-45-13-15-46(16-14-45)25-4-5-26-27(19-25)36(52)48(35(26)51)30-7-8-32(49)42-34(30)50/h3-6,17-20,22,30H,7-16,21H2,1-2H3,(H,40,41,43)(H,42,49,50). The van der Waals surface area contributed by atoms with Crippen molar-refractivity contribution in [2.45, 2.75) is 31.7 Å². The number of carbonyl (C=O) groups excluding carboxylic acids is 4. The zero-order valence-electron chi connectivity index (χ0n) is 30.0. The molecule has 1 unspecified atom stereocenters. The molecule has 0 aliphatic carbocycles. The second-order valence-corrected chi connectivity index (χ2v) is 14.6. The van der Waals surface area contributed by atoms with Crippen LogP contribution in [-0.4, -0.2) is 107 Å². The summed E-state index contributed by atoms with van der Waals surface area (Å²) in [6, 6.07) is 11.7. The van der Waals surface area contributed by atoms with Crippen LogP contribution in [0.1, 0.15) is 46.4 Å². The van der Waals surface area contributed by atoms with E-state index in [1.807, 2.05) is 24.3 Å². The van der Waals surface area contributed by atoms with E-state index in [1.54, 1.807) is 36.0 Å². The summed E-state index contributed by atoms with van der Waals surface area (Å²) in [7, 11) is 3.20. The highest BCUT2D eigenvalue weighted by molar-refractivity contribution is 6.33. The number of rotatable bonds is 8.